The van der Waals surface area contributed by atoms with Gasteiger partial charge in [0.1, 0.15) is 5.82 Å². The highest BCUT2D eigenvalue weighted by Gasteiger charge is 2.07. The molecule has 0 amide bonds. The smallest absolute Gasteiger partial charge is 0.162 e. The molecule has 3 heteroatoms. The van der Waals surface area contributed by atoms with Gasteiger partial charge in [-0.1, -0.05) is 37.3 Å². The quantitative estimate of drug-likeness (QED) is 0.711. The summed E-state index contributed by atoms with van der Waals surface area (Å²) in [5.41, 5.74) is 0.805. The van der Waals surface area contributed by atoms with Crippen molar-refractivity contribution >= 4 is 5.78 Å². The van der Waals surface area contributed by atoms with Crippen LogP contribution in [-0.2, 0) is 13.0 Å². The first kappa shape index (κ1) is 13.5. The molecule has 0 aliphatic carbocycles. The Bertz CT molecular complexity index is 517. The summed E-state index contributed by atoms with van der Waals surface area (Å²) in [5.74, 6) is 1.30. The second-order valence-corrected chi connectivity index (χ2v) is 4.68. The normalized spacial score (nSPS) is 10.6. The lowest BCUT2D eigenvalue weighted by atomic mass is 10.1. The van der Waals surface area contributed by atoms with Gasteiger partial charge in [0.25, 0.3) is 0 Å². The van der Waals surface area contributed by atoms with Crippen LogP contribution in [0.3, 0.4) is 0 Å². The molecule has 0 N–H and O–H groups in total. The zero-order valence-electron chi connectivity index (χ0n) is 11.4. The molecule has 100 valence electrons. The van der Waals surface area contributed by atoms with Crippen LogP contribution >= 0.6 is 0 Å². The molecule has 0 saturated carbocycles. The van der Waals surface area contributed by atoms with Crippen molar-refractivity contribution in [1.29, 1.82) is 0 Å². The van der Waals surface area contributed by atoms with Gasteiger partial charge in [0.15, 0.2) is 5.78 Å². The highest BCUT2D eigenvalue weighted by Crippen LogP contribution is 2.09. The SMILES string of the molecule is CCCn1ccnc1CCCC(=O)c1ccccc1. The summed E-state index contributed by atoms with van der Waals surface area (Å²) in [5, 5.41) is 0. The van der Waals surface area contributed by atoms with Gasteiger partial charge in [-0.15, -0.1) is 0 Å². The molecule has 2 rings (SSSR count). The Balaban J connectivity index is 1.83. The van der Waals surface area contributed by atoms with E-state index in [0.29, 0.717) is 6.42 Å². The molecule has 0 atom stereocenters. The summed E-state index contributed by atoms with van der Waals surface area (Å²) < 4.78 is 2.17. The summed E-state index contributed by atoms with van der Waals surface area (Å²) in [4.78, 5) is 16.3. The molecule has 19 heavy (non-hydrogen) atoms. The average Bonchev–Trinajstić information content (AvgIpc) is 2.88. The van der Waals surface area contributed by atoms with Crippen molar-refractivity contribution < 1.29 is 4.79 Å². The van der Waals surface area contributed by atoms with Gasteiger partial charge in [0.2, 0.25) is 0 Å². The molecule has 0 radical (unpaired) electrons. The van der Waals surface area contributed by atoms with Gasteiger partial charge in [0.05, 0.1) is 0 Å². The van der Waals surface area contributed by atoms with E-state index in [1.54, 1.807) is 0 Å². The maximum absolute atomic E-state index is 12.0. The summed E-state index contributed by atoms with van der Waals surface area (Å²) >= 11 is 0. The van der Waals surface area contributed by atoms with Crippen molar-refractivity contribution in [2.45, 2.75) is 39.2 Å². The van der Waals surface area contributed by atoms with Gasteiger partial charge in [0, 0.05) is 37.3 Å². The Labute approximate surface area is 114 Å². The first-order valence-corrected chi connectivity index (χ1v) is 6.89. The average molecular weight is 256 g/mol. The summed E-state index contributed by atoms with van der Waals surface area (Å²) in [6.07, 6.45) is 7.26. The minimum absolute atomic E-state index is 0.217. The lowest BCUT2D eigenvalue weighted by Crippen LogP contribution is -2.05. The monoisotopic (exact) mass is 256 g/mol. The summed E-state index contributed by atoms with van der Waals surface area (Å²) in [6.45, 7) is 3.16. The molecule has 3 nitrogen and oxygen atoms in total. The predicted octanol–water partition coefficient (Wildman–Crippen LogP) is 3.50. The molecule has 0 fully saturated rings. The molecular weight excluding hydrogens is 236 g/mol. The van der Waals surface area contributed by atoms with Crippen molar-refractivity contribution in [3.63, 3.8) is 0 Å². The summed E-state index contributed by atoms with van der Waals surface area (Å²) in [6, 6.07) is 9.49. The van der Waals surface area contributed by atoms with E-state index in [1.807, 2.05) is 42.7 Å². The number of aromatic nitrogens is 2. The molecule has 1 heterocycles. The van der Waals surface area contributed by atoms with E-state index < -0.39 is 0 Å². The zero-order valence-corrected chi connectivity index (χ0v) is 11.4. The van der Waals surface area contributed by atoms with Crippen LogP contribution in [0, 0.1) is 0 Å². The second-order valence-electron chi connectivity index (χ2n) is 4.68. The van der Waals surface area contributed by atoms with Gasteiger partial charge < -0.3 is 4.57 Å². The third kappa shape index (κ3) is 3.78. The van der Waals surface area contributed by atoms with Crippen LogP contribution in [0.4, 0.5) is 0 Å². The van der Waals surface area contributed by atoms with Gasteiger partial charge in [-0.2, -0.15) is 0 Å². The number of rotatable bonds is 7. The fraction of sp³-hybridized carbons (Fsp3) is 0.375. The van der Waals surface area contributed by atoms with Crippen molar-refractivity contribution in [3.05, 3.63) is 54.1 Å². The molecular formula is C16H20N2O. The van der Waals surface area contributed by atoms with E-state index in [9.17, 15) is 4.79 Å². The van der Waals surface area contributed by atoms with E-state index in [2.05, 4.69) is 16.5 Å². The Morgan fingerprint density at radius 3 is 2.79 bits per heavy atom. The fourth-order valence-corrected chi connectivity index (χ4v) is 2.19. The van der Waals surface area contributed by atoms with Crippen LogP contribution in [0.15, 0.2) is 42.7 Å². The minimum atomic E-state index is 0.217. The second kappa shape index (κ2) is 6.88. The lowest BCUT2D eigenvalue weighted by molar-refractivity contribution is 0.0980. The molecule has 2 aromatic rings. The maximum atomic E-state index is 12.0. The van der Waals surface area contributed by atoms with E-state index in [4.69, 9.17) is 0 Å². The third-order valence-electron chi connectivity index (χ3n) is 3.17. The number of carbonyl (C=O) groups excluding carboxylic acids is 1. The van der Waals surface area contributed by atoms with Crippen molar-refractivity contribution in [2.75, 3.05) is 0 Å². The van der Waals surface area contributed by atoms with Crippen molar-refractivity contribution in [3.8, 4) is 0 Å². The number of ketones is 1. The van der Waals surface area contributed by atoms with Crippen molar-refractivity contribution in [1.82, 2.24) is 9.55 Å². The number of hydrogen-bond acceptors (Lipinski definition) is 2. The zero-order chi connectivity index (χ0) is 13.5. The molecule has 0 bridgehead atoms. The topological polar surface area (TPSA) is 34.9 Å². The van der Waals surface area contributed by atoms with Gasteiger partial charge in [-0.05, 0) is 12.8 Å². The summed E-state index contributed by atoms with van der Waals surface area (Å²) in [7, 11) is 0. The van der Waals surface area contributed by atoms with Crippen molar-refractivity contribution in [2.24, 2.45) is 0 Å². The van der Waals surface area contributed by atoms with E-state index in [1.165, 1.54) is 0 Å². The number of hydrogen-bond donors (Lipinski definition) is 0. The Morgan fingerprint density at radius 2 is 2.05 bits per heavy atom. The maximum Gasteiger partial charge on any atom is 0.162 e. The lowest BCUT2D eigenvalue weighted by Gasteiger charge is -2.05. The largest absolute Gasteiger partial charge is 0.335 e. The first-order chi connectivity index (χ1) is 9.31. The minimum Gasteiger partial charge on any atom is -0.335 e. The number of aryl methyl sites for hydroxylation is 2. The Kier molecular flexibility index (Phi) is 4.90. The molecule has 1 aromatic heterocycles. The molecule has 0 unspecified atom stereocenters. The first-order valence-electron chi connectivity index (χ1n) is 6.89. The van der Waals surface area contributed by atoms with Gasteiger partial charge >= 0.3 is 0 Å². The fourth-order valence-electron chi connectivity index (χ4n) is 2.19. The molecule has 0 saturated heterocycles. The highest BCUT2D eigenvalue weighted by atomic mass is 16.1. The Morgan fingerprint density at radius 1 is 1.26 bits per heavy atom. The number of nitrogens with zero attached hydrogens (tertiary/aromatic N) is 2. The molecule has 1 aromatic carbocycles. The van der Waals surface area contributed by atoms with Gasteiger partial charge in [-0.25, -0.2) is 4.98 Å². The number of imidazole rings is 1. The van der Waals surface area contributed by atoms with E-state index in [-0.39, 0.29) is 5.78 Å². The van der Waals surface area contributed by atoms with Crippen LogP contribution < -0.4 is 0 Å². The molecule has 0 spiro atoms. The molecule has 0 aliphatic heterocycles. The number of Topliss-reactive ketones (excluding diaryl/α,β-unsaturated/α-hetero) is 1. The number of benzene rings is 1. The van der Waals surface area contributed by atoms with E-state index in [0.717, 1.165) is 37.2 Å². The molecule has 0 aliphatic rings. The number of carbonyl (C=O) groups is 1. The predicted molar refractivity (Wildman–Crippen MR) is 76.2 cm³/mol. The van der Waals surface area contributed by atoms with Crippen LogP contribution in [-0.4, -0.2) is 15.3 Å². The van der Waals surface area contributed by atoms with Crippen LogP contribution in [0.5, 0.6) is 0 Å². The third-order valence-corrected chi connectivity index (χ3v) is 3.17. The van der Waals surface area contributed by atoms with Gasteiger partial charge in [-0.3, -0.25) is 4.79 Å². The Hall–Kier alpha value is -1.90. The standard InChI is InChI=1S/C16H20N2O/c1-2-12-18-13-11-17-16(18)10-6-9-15(19)14-7-4-3-5-8-14/h3-5,7-8,11,13H,2,6,9-10,12H2,1H3. The van der Waals surface area contributed by atoms with Crippen LogP contribution in [0.2, 0.25) is 0 Å². The van der Waals surface area contributed by atoms with E-state index >= 15 is 0 Å². The highest BCUT2D eigenvalue weighted by molar-refractivity contribution is 5.95. The van der Waals surface area contributed by atoms with Crippen LogP contribution in [0.25, 0.3) is 0 Å². The van der Waals surface area contributed by atoms with Crippen LogP contribution in [0.1, 0.15) is 42.4 Å².